The highest BCUT2D eigenvalue weighted by molar-refractivity contribution is 7.93. The largest absolute Gasteiger partial charge is 0.508 e. The van der Waals surface area contributed by atoms with Crippen molar-refractivity contribution >= 4 is 55.3 Å². The number of anilines is 2. The van der Waals surface area contributed by atoms with Gasteiger partial charge in [-0.25, -0.2) is 30.4 Å². The van der Waals surface area contributed by atoms with Gasteiger partial charge in [-0.05, 0) is 43.3 Å². The lowest BCUT2D eigenvalue weighted by atomic mass is 10.1. The first-order valence-electron chi connectivity index (χ1n) is 11.5. The van der Waals surface area contributed by atoms with Gasteiger partial charge in [-0.3, -0.25) is 9.59 Å². The van der Waals surface area contributed by atoms with Gasteiger partial charge in [0.15, 0.2) is 19.3 Å². The minimum absolute atomic E-state index is 0.0294. The zero-order valence-electron chi connectivity index (χ0n) is 20.9. The number of phenolic OH excluding ortho intramolecular Hbond substituents is 1. The predicted molar refractivity (Wildman–Crippen MR) is 144 cm³/mol. The number of pyridine rings is 1. The summed E-state index contributed by atoms with van der Waals surface area (Å²) in [6.45, 7) is 0.536. The molecule has 1 heterocycles. The number of nitrogens with zero attached hydrogens (tertiary/aromatic N) is 3. The van der Waals surface area contributed by atoms with Crippen molar-refractivity contribution in [3.63, 3.8) is 0 Å². The van der Waals surface area contributed by atoms with Crippen LogP contribution in [0.1, 0.15) is 5.56 Å². The number of hydrogen-bond donors (Lipinski definition) is 1. The molecule has 12 nitrogen and oxygen atoms in total. The highest BCUT2D eigenvalue weighted by Gasteiger charge is 2.32. The molecule has 0 atom stereocenters. The molecule has 4 rings (SSSR count). The maximum atomic E-state index is 13.6. The number of benzene rings is 3. The van der Waals surface area contributed by atoms with Crippen LogP contribution in [0.5, 0.6) is 5.75 Å². The average molecular weight is 586 g/mol. The minimum atomic E-state index is -4.36. The van der Waals surface area contributed by atoms with E-state index in [9.17, 15) is 31.5 Å². The van der Waals surface area contributed by atoms with E-state index < -0.39 is 33.5 Å². The number of ether oxygens (including phenoxy) is 2. The Morgan fingerprint density at radius 1 is 0.750 bits per heavy atom. The lowest BCUT2D eigenvalue weighted by Crippen LogP contribution is -2.35. The van der Waals surface area contributed by atoms with Crippen LogP contribution in [0.25, 0.3) is 10.8 Å². The fraction of sp³-hybridized carbons (Fsp3) is 0.115. The summed E-state index contributed by atoms with van der Waals surface area (Å²) in [5.41, 5.74) is 0.799. The molecule has 40 heavy (non-hydrogen) atoms. The summed E-state index contributed by atoms with van der Waals surface area (Å²) in [4.78, 5) is 26.0. The molecule has 0 bridgehead atoms. The molecule has 0 spiro atoms. The fourth-order valence-corrected chi connectivity index (χ4v) is 6.50. The number of phenols is 1. The molecular weight excluding hydrogens is 562 g/mol. The van der Waals surface area contributed by atoms with E-state index >= 15 is 0 Å². The lowest BCUT2D eigenvalue weighted by molar-refractivity contribution is -0.129. The fourth-order valence-electron chi connectivity index (χ4n) is 3.85. The van der Waals surface area contributed by atoms with E-state index in [0.29, 0.717) is 0 Å². The molecule has 0 saturated carbocycles. The lowest BCUT2D eigenvalue weighted by Gasteiger charge is -2.27. The van der Waals surface area contributed by atoms with Crippen LogP contribution in [-0.2, 0) is 39.1 Å². The van der Waals surface area contributed by atoms with Crippen LogP contribution in [0.15, 0.2) is 88.8 Å². The van der Waals surface area contributed by atoms with Gasteiger partial charge in [-0.15, -0.1) is 0 Å². The number of aromatic hydroxyl groups is 1. The molecule has 1 aromatic heterocycles. The quantitative estimate of drug-likeness (QED) is 0.193. The molecule has 4 aromatic rings. The van der Waals surface area contributed by atoms with Crippen molar-refractivity contribution < 1.29 is 41.0 Å². The van der Waals surface area contributed by atoms with Gasteiger partial charge in [0.1, 0.15) is 5.75 Å². The van der Waals surface area contributed by atoms with Crippen LogP contribution >= 0.6 is 0 Å². The van der Waals surface area contributed by atoms with Crippen LogP contribution in [0.3, 0.4) is 0 Å². The van der Waals surface area contributed by atoms with Gasteiger partial charge in [0.2, 0.25) is 0 Å². The van der Waals surface area contributed by atoms with E-state index in [1.54, 1.807) is 31.2 Å². The van der Waals surface area contributed by atoms with Gasteiger partial charge in [-0.2, -0.15) is 0 Å². The van der Waals surface area contributed by atoms with Gasteiger partial charge < -0.3 is 14.6 Å². The average Bonchev–Trinajstić information content (AvgIpc) is 2.94. The normalized spacial score (nSPS) is 11.5. The molecular formula is C26H23N3O9S2. The Kier molecular flexibility index (Phi) is 8.21. The second-order valence-corrected chi connectivity index (χ2v) is 12.0. The molecule has 0 aliphatic carbocycles. The molecule has 1 N–H and O–H groups in total. The van der Waals surface area contributed by atoms with Gasteiger partial charge in [0, 0.05) is 10.8 Å². The highest BCUT2D eigenvalue weighted by atomic mass is 32.2. The summed E-state index contributed by atoms with van der Waals surface area (Å²) in [5.74, 6) is -0.293. The molecule has 0 aliphatic heterocycles. The van der Waals surface area contributed by atoms with Crippen LogP contribution in [0, 0.1) is 6.92 Å². The number of carbonyl (C=O) groups excluding carboxylic acids is 2. The molecule has 0 amide bonds. The number of aromatic nitrogens is 1. The van der Waals surface area contributed by atoms with E-state index in [-0.39, 0.29) is 50.8 Å². The molecule has 14 heteroatoms. The molecule has 0 saturated heterocycles. The standard InChI is InChI=1S/C26H23N3O9S2/c1-19-6-10-21(11-7-19)40(35,36)29(16-38-18-31)26-24-5-3-2-4-23(24)25(14-27-26)28(15-37-17-30)39(33,34)22-12-8-20(32)9-13-22/h2-14,17-18,32H,15-16H2,1H3. The van der Waals surface area contributed by atoms with E-state index in [2.05, 4.69) is 4.98 Å². The number of fused-ring (bicyclic) bond motifs is 1. The van der Waals surface area contributed by atoms with Crippen molar-refractivity contribution in [1.29, 1.82) is 0 Å². The van der Waals surface area contributed by atoms with Gasteiger partial charge in [0.05, 0.1) is 21.7 Å². The molecule has 0 aliphatic rings. The Balaban J connectivity index is 1.92. The SMILES string of the molecule is Cc1ccc(S(=O)(=O)N(COC=O)c2ncc(N(COC=O)S(=O)(=O)c3ccc(O)cc3)c3ccccc23)cc1. The van der Waals surface area contributed by atoms with Crippen molar-refractivity contribution in [3.8, 4) is 5.75 Å². The van der Waals surface area contributed by atoms with Crippen LogP contribution < -0.4 is 8.61 Å². The first-order chi connectivity index (χ1) is 19.1. The van der Waals surface area contributed by atoms with Crippen LogP contribution in [0.2, 0.25) is 0 Å². The Hall–Kier alpha value is -4.69. The zero-order chi connectivity index (χ0) is 28.9. The van der Waals surface area contributed by atoms with Gasteiger partial charge in [-0.1, -0.05) is 42.0 Å². The van der Waals surface area contributed by atoms with Crippen molar-refractivity contribution in [2.45, 2.75) is 16.7 Å². The Labute approximate surface area is 230 Å². The number of carbonyl (C=O) groups is 2. The summed E-state index contributed by atoms with van der Waals surface area (Å²) in [6.07, 6.45) is 1.11. The summed E-state index contributed by atoms with van der Waals surface area (Å²) in [5, 5.41) is 10.0. The molecule has 0 fully saturated rings. The molecule has 208 valence electrons. The zero-order valence-corrected chi connectivity index (χ0v) is 22.6. The van der Waals surface area contributed by atoms with Crippen molar-refractivity contribution in [2.24, 2.45) is 0 Å². The van der Waals surface area contributed by atoms with Crippen molar-refractivity contribution in [3.05, 3.63) is 84.6 Å². The third kappa shape index (κ3) is 5.53. The minimum Gasteiger partial charge on any atom is -0.508 e. The second kappa shape index (κ2) is 11.6. The van der Waals surface area contributed by atoms with Crippen LogP contribution in [-0.4, -0.2) is 53.3 Å². The predicted octanol–water partition coefficient (Wildman–Crippen LogP) is 2.90. The topological polar surface area (TPSA) is 160 Å². The number of hydrogen-bond acceptors (Lipinski definition) is 10. The first-order valence-corrected chi connectivity index (χ1v) is 14.4. The first kappa shape index (κ1) is 28.3. The van der Waals surface area contributed by atoms with E-state index in [1.165, 1.54) is 48.5 Å². The number of aryl methyl sites for hydroxylation is 1. The smallest absolute Gasteiger partial charge is 0.294 e. The summed E-state index contributed by atoms with van der Waals surface area (Å²) < 4.78 is 65.6. The van der Waals surface area contributed by atoms with E-state index in [0.717, 1.165) is 20.4 Å². The van der Waals surface area contributed by atoms with Gasteiger partial charge >= 0.3 is 0 Å². The number of rotatable bonds is 12. The Morgan fingerprint density at radius 2 is 1.25 bits per heavy atom. The maximum Gasteiger partial charge on any atom is 0.294 e. The van der Waals surface area contributed by atoms with Gasteiger partial charge in [0.25, 0.3) is 33.0 Å². The second-order valence-electron chi connectivity index (χ2n) is 8.31. The van der Waals surface area contributed by atoms with Crippen molar-refractivity contribution in [2.75, 3.05) is 22.1 Å². The third-order valence-corrected chi connectivity index (χ3v) is 9.29. The van der Waals surface area contributed by atoms with Crippen LogP contribution in [0.4, 0.5) is 11.5 Å². The Morgan fingerprint density at radius 3 is 1.82 bits per heavy atom. The summed E-state index contributed by atoms with van der Waals surface area (Å²) >= 11 is 0. The molecule has 0 radical (unpaired) electrons. The summed E-state index contributed by atoms with van der Waals surface area (Å²) in [7, 11) is -8.66. The monoisotopic (exact) mass is 585 g/mol. The maximum absolute atomic E-state index is 13.6. The number of sulfonamides is 2. The van der Waals surface area contributed by atoms with Crippen molar-refractivity contribution in [1.82, 2.24) is 4.98 Å². The van der Waals surface area contributed by atoms with E-state index in [4.69, 9.17) is 9.47 Å². The molecule has 3 aromatic carbocycles. The molecule has 0 unspecified atom stereocenters. The third-order valence-electron chi connectivity index (χ3n) is 5.81. The van der Waals surface area contributed by atoms with E-state index in [1.807, 2.05) is 0 Å². The highest BCUT2D eigenvalue weighted by Crippen LogP contribution is 2.36. The Bertz CT molecular complexity index is 1610. The summed E-state index contributed by atoms with van der Waals surface area (Å²) in [6, 6.07) is 17.0.